The summed E-state index contributed by atoms with van der Waals surface area (Å²) >= 11 is 0. The number of para-hydroxylation sites is 1. The normalized spacial score (nSPS) is 18.9. The number of hydrogen-bond acceptors (Lipinski definition) is 3. The van der Waals surface area contributed by atoms with Crippen LogP contribution in [-0.2, 0) is 16.4 Å². The van der Waals surface area contributed by atoms with Gasteiger partial charge in [0.2, 0.25) is 10.0 Å². The van der Waals surface area contributed by atoms with E-state index < -0.39 is 10.0 Å². The molecule has 1 aliphatic heterocycles. The zero-order valence-electron chi connectivity index (χ0n) is 9.09. The van der Waals surface area contributed by atoms with Crippen molar-refractivity contribution < 1.29 is 8.42 Å². The second-order valence-corrected chi connectivity index (χ2v) is 5.92. The number of benzene rings is 1. The Labute approximate surface area is 96.1 Å². The third-order valence-corrected chi connectivity index (χ3v) is 4.63. The molecule has 0 unspecified atom stereocenters. The van der Waals surface area contributed by atoms with Crippen LogP contribution in [0, 0.1) is 0 Å². The summed E-state index contributed by atoms with van der Waals surface area (Å²) in [6.45, 7) is 1.12. The summed E-state index contributed by atoms with van der Waals surface area (Å²) in [5.41, 5.74) is 7.33. The molecule has 1 aromatic carbocycles. The van der Waals surface area contributed by atoms with Crippen LogP contribution in [0.3, 0.4) is 0 Å². The highest BCUT2D eigenvalue weighted by Gasteiger charge is 2.29. The highest BCUT2D eigenvalue weighted by atomic mass is 32.2. The summed E-state index contributed by atoms with van der Waals surface area (Å²) in [7, 11) is -3.09. The van der Waals surface area contributed by atoms with Crippen LogP contribution in [0.1, 0.15) is 12.0 Å². The van der Waals surface area contributed by atoms with Gasteiger partial charge in [0.1, 0.15) is 0 Å². The topological polar surface area (TPSA) is 63.4 Å². The summed E-state index contributed by atoms with van der Waals surface area (Å²) < 4.78 is 25.1. The molecule has 88 valence electrons. The Kier molecular flexibility index (Phi) is 3.16. The first-order chi connectivity index (χ1) is 7.65. The lowest BCUT2D eigenvalue weighted by atomic mass is 10.1. The highest BCUT2D eigenvalue weighted by Crippen LogP contribution is 2.27. The second-order valence-electron chi connectivity index (χ2n) is 3.91. The fourth-order valence-corrected chi connectivity index (χ4v) is 3.63. The van der Waals surface area contributed by atoms with Gasteiger partial charge in [-0.15, -0.1) is 0 Å². The molecule has 0 radical (unpaired) electrons. The molecule has 1 heterocycles. The van der Waals surface area contributed by atoms with Crippen molar-refractivity contribution in [1.82, 2.24) is 0 Å². The van der Waals surface area contributed by atoms with Crippen molar-refractivity contribution in [3.05, 3.63) is 29.8 Å². The SMILES string of the molecule is NCCc1ccccc1N1CCCS1(=O)=O. The molecule has 5 heteroatoms. The lowest BCUT2D eigenvalue weighted by Crippen LogP contribution is -2.26. The Hall–Kier alpha value is -1.07. The number of nitrogens with two attached hydrogens (primary N) is 1. The van der Waals surface area contributed by atoms with Gasteiger partial charge in [0, 0.05) is 6.54 Å². The van der Waals surface area contributed by atoms with E-state index in [2.05, 4.69) is 0 Å². The first-order valence-electron chi connectivity index (χ1n) is 5.43. The van der Waals surface area contributed by atoms with Gasteiger partial charge in [-0.2, -0.15) is 0 Å². The average molecular weight is 240 g/mol. The van der Waals surface area contributed by atoms with Crippen LogP contribution in [0.2, 0.25) is 0 Å². The minimum atomic E-state index is -3.09. The van der Waals surface area contributed by atoms with E-state index in [0.717, 1.165) is 11.3 Å². The van der Waals surface area contributed by atoms with Crippen molar-refractivity contribution in [3.63, 3.8) is 0 Å². The Morgan fingerprint density at radius 2 is 2.06 bits per heavy atom. The van der Waals surface area contributed by atoms with Gasteiger partial charge in [0.05, 0.1) is 11.4 Å². The second kappa shape index (κ2) is 4.43. The standard InChI is InChI=1S/C11H16N2O2S/c12-7-6-10-4-1-2-5-11(10)13-8-3-9-16(13,14)15/h1-2,4-5H,3,6-9,12H2. The van der Waals surface area contributed by atoms with Gasteiger partial charge in [-0.25, -0.2) is 8.42 Å². The van der Waals surface area contributed by atoms with Crippen LogP contribution >= 0.6 is 0 Å². The lowest BCUT2D eigenvalue weighted by Gasteiger charge is -2.20. The van der Waals surface area contributed by atoms with Crippen LogP contribution in [0.15, 0.2) is 24.3 Å². The number of sulfonamides is 1. The van der Waals surface area contributed by atoms with Crippen LogP contribution in [0.5, 0.6) is 0 Å². The van der Waals surface area contributed by atoms with Crippen molar-refractivity contribution in [2.75, 3.05) is 23.1 Å². The van der Waals surface area contributed by atoms with Crippen molar-refractivity contribution in [1.29, 1.82) is 0 Å². The molecule has 0 aromatic heterocycles. The van der Waals surface area contributed by atoms with Crippen LogP contribution in [0.4, 0.5) is 5.69 Å². The molecular weight excluding hydrogens is 224 g/mol. The van der Waals surface area contributed by atoms with Crippen molar-refractivity contribution >= 4 is 15.7 Å². The van der Waals surface area contributed by atoms with E-state index in [-0.39, 0.29) is 5.75 Å². The summed E-state index contributed by atoms with van der Waals surface area (Å²) in [5.74, 6) is 0.254. The summed E-state index contributed by atoms with van der Waals surface area (Å²) in [4.78, 5) is 0. The van der Waals surface area contributed by atoms with Gasteiger partial charge in [-0.05, 0) is 31.0 Å². The molecule has 1 fully saturated rings. The van der Waals surface area contributed by atoms with Crippen molar-refractivity contribution in [2.24, 2.45) is 5.73 Å². The molecule has 2 N–H and O–H groups in total. The zero-order chi connectivity index (χ0) is 11.6. The van der Waals surface area contributed by atoms with Crippen molar-refractivity contribution in [3.8, 4) is 0 Å². The van der Waals surface area contributed by atoms with Gasteiger partial charge in [-0.3, -0.25) is 4.31 Å². The quantitative estimate of drug-likeness (QED) is 0.847. The molecule has 1 aromatic rings. The highest BCUT2D eigenvalue weighted by molar-refractivity contribution is 7.93. The number of hydrogen-bond donors (Lipinski definition) is 1. The van der Waals surface area contributed by atoms with Crippen LogP contribution < -0.4 is 10.0 Å². The van der Waals surface area contributed by atoms with Gasteiger partial charge in [-0.1, -0.05) is 18.2 Å². The summed E-state index contributed by atoms with van der Waals surface area (Å²) in [6, 6.07) is 7.57. The monoisotopic (exact) mass is 240 g/mol. The largest absolute Gasteiger partial charge is 0.330 e. The molecule has 0 spiro atoms. The van der Waals surface area contributed by atoms with E-state index in [0.29, 0.717) is 25.9 Å². The third kappa shape index (κ3) is 2.05. The summed E-state index contributed by atoms with van der Waals surface area (Å²) in [5, 5.41) is 0. The van der Waals surface area contributed by atoms with Gasteiger partial charge >= 0.3 is 0 Å². The maximum absolute atomic E-state index is 11.8. The zero-order valence-corrected chi connectivity index (χ0v) is 9.91. The van der Waals surface area contributed by atoms with E-state index >= 15 is 0 Å². The van der Waals surface area contributed by atoms with Gasteiger partial charge < -0.3 is 5.73 Å². The van der Waals surface area contributed by atoms with Crippen molar-refractivity contribution in [2.45, 2.75) is 12.8 Å². The van der Waals surface area contributed by atoms with Crippen LogP contribution in [-0.4, -0.2) is 27.3 Å². The van der Waals surface area contributed by atoms with E-state index in [4.69, 9.17) is 5.73 Å². The molecule has 4 nitrogen and oxygen atoms in total. The fraction of sp³-hybridized carbons (Fsp3) is 0.455. The molecule has 16 heavy (non-hydrogen) atoms. The molecule has 2 rings (SSSR count). The number of rotatable bonds is 3. The maximum Gasteiger partial charge on any atom is 0.235 e. The number of nitrogens with zero attached hydrogens (tertiary/aromatic N) is 1. The summed E-state index contributed by atoms with van der Waals surface area (Å²) in [6.07, 6.45) is 1.42. The molecule has 0 bridgehead atoms. The molecule has 0 atom stereocenters. The first kappa shape index (κ1) is 11.4. The molecule has 0 aliphatic carbocycles. The predicted molar refractivity (Wildman–Crippen MR) is 65.0 cm³/mol. The van der Waals surface area contributed by atoms with Gasteiger partial charge in [0.25, 0.3) is 0 Å². The minimum absolute atomic E-state index is 0.254. The maximum atomic E-state index is 11.8. The fourth-order valence-electron chi connectivity index (χ4n) is 2.03. The van der Waals surface area contributed by atoms with Gasteiger partial charge in [0.15, 0.2) is 0 Å². The van der Waals surface area contributed by atoms with E-state index in [1.807, 2.05) is 24.3 Å². The Morgan fingerprint density at radius 1 is 1.31 bits per heavy atom. The Morgan fingerprint density at radius 3 is 2.69 bits per heavy atom. The average Bonchev–Trinajstić information content (AvgIpc) is 2.59. The molecule has 1 saturated heterocycles. The van der Waals surface area contributed by atoms with Crippen LogP contribution in [0.25, 0.3) is 0 Å². The first-order valence-corrected chi connectivity index (χ1v) is 7.04. The third-order valence-electron chi connectivity index (χ3n) is 2.77. The van der Waals surface area contributed by atoms with E-state index in [1.54, 1.807) is 0 Å². The molecular formula is C11H16N2O2S. The lowest BCUT2D eigenvalue weighted by molar-refractivity contribution is 0.599. The number of anilines is 1. The molecule has 1 aliphatic rings. The smallest absolute Gasteiger partial charge is 0.235 e. The molecule has 0 saturated carbocycles. The molecule has 0 amide bonds. The predicted octanol–water partition coefficient (Wildman–Crippen LogP) is 0.728. The Balaban J connectivity index is 2.40. The Bertz CT molecular complexity index is 471. The van der Waals surface area contributed by atoms with E-state index in [9.17, 15) is 8.42 Å². The van der Waals surface area contributed by atoms with E-state index in [1.165, 1.54) is 4.31 Å². The minimum Gasteiger partial charge on any atom is -0.330 e.